The summed E-state index contributed by atoms with van der Waals surface area (Å²) in [5, 5.41) is 6.09. The average Bonchev–Trinajstić information content (AvgIpc) is 3.10. The van der Waals surface area contributed by atoms with Gasteiger partial charge in [0.05, 0.1) is 32.7 Å². The monoisotopic (exact) mass is 422 g/mol. The van der Waals surface area contributed by atoms with Gasteiger partial charge < -0.3 is 19.5 Å². The smallest absolute Gasteiger partial charge is 0.187 e. The summed E-state index contributed by atoms with van der Waals surface area (Å²) in [6.45, 7) is 0. The molecule has 3 aromatic rings. The Kier molecular flexibility index (Phi) is 6.66. The van der Waals surface area contributed by atoms with Gasteiger partial charge in [0, 0.05) is 10.9 Å². The highest BCUT2D eigenvalue weighted by Gasteiger charge is 2.10. The predicted molar refractivity (Wildman–Crippen MR) is 107 cm³/mol. The van der Waals surface area contributed by atoms with E-state index < -0.39 is 0 Å². The van der Waals surface area contributed by atoms with E-state index in [0.29, 0.717) is 11.5 Å². The minimum Gasteiger partial charge on any atom is -0.495 e. The summed E-state index contributed by atoms with van der Waals surface area (Å²) in [6, 6.07) is 13.5. The van der Waals surface area contributed by atoms with Crippen LogP contribution < -0.4 is 19.5 Å². The van der Waals surface area contributed by atoms with Crippen LogP contribution in [0.2, 0.25) is 0 Å². The Morgan fingerprint density at radius 1 is 0.880 bits per heavy atom. The molecule has 0 radical (unpaired) electrons. The number of hydrogen-bond donors (Lipinski definition) is 1. The molecule has 25 heavy (non-hydrogen) atoms. The van der Waals surface area contributed by atoms with Crippen LogP contribution in [0, 0.1) is 0 Å². The number of nitrogens with zero attached hydrogens (tertiary/aromatic N) is 1. The molecule has 0 fully saturated rings. The van der Waals surface area contributed by atoms with Crippen LogP contribution in [-0.4, -0.2) is 26.3 Å². The lowest BCUT2D eigenvalue weighted by molar-refractivity contribution is 0.355. The number of halogens is 1. The maximum atomic E-state index is 5.35. The van der Waals surface area contributed by atoms with Crippen molar-refractivity contribution in [2.24, 2.45) is 0 Å². The molecule has 7 heteroatoms. The van der Waals surface area contributed by atoms with Crippen LogP contribution in [0.1, 0.15) is 0 Å². The molecular weight excluding hydrogens is 404 g/mol. The van der Waals surface area contributed by atoms with Crippen molar-refractivity contribution in [3.8, 4) is 28.5 Å². The lowest BCUT2D eigenvalue weighted by Gasteiger charge is -2.09. The highest BCUT2D eigenvalue weighted by molar-refractivity contribution is 8.93. The fourth-order valence-electron chi connectivity index (χ4n) is 2.32. The standard InChI is InChI=1S/C18H18N2O3S.BrH/c1-21-15-7-5-4-6-13(15)19-18-20-14(11-24-18)12-8-9-16(22-2)17(10-12)23-3;/h4-11H,1-3H3,(H,19,20);1H. The molecule has 1 heterocycles. The first-order valence-electron chi connectivity index (χ1n) is 7.33. The van der Waals surface area contributed by atoms with E-state index >= 15 is 0 Å². The van der Waals surface area contributed by atoms with Crippen molar-refractivity contribution in [1.82, 2.24) is 4.98 Å². The summed E-state index contributed by atoms with van der Waals surface area (Å²) in [5.74, 6) is 2.16. The van der Waals surface area contributed by atoms with Crippen molar-refractivity contribution in [3.05, 3.63) is 47.8 Å². The van der Waals surface area contributed by atoms with Crippen LogP contribution in [0.5, 0.6) is 17.2 Å². The highest BCUT2D eigenvalue weighted by Crippen LogP contribution is 2.35. The van der Waals surface area contributed by atoms with E-state index in [9.17, 15) is 0 Å². The third-order valence-electron chi connectivity index (χ3n) is 3.53. The van der Waals surface area contributed by atoms with Gasteiger partial charge in [-0.15, -0.1) is 28.3 Å². The van der Waals surface area contributed by atoms with E-state index in [4.69, 9.17) is 14.2 Å². The van der Waals surface area contributed by atoms with Crippen molar-refractivity contribution in [3.63, 3.8) is 0 Å². The molecule has 0 atom stereocenters. The minimum absolute atomic E-state index is 0. The Bertz CT molecular complexity index is 839. The van der Waals surface area contributed by atoms with Crippen molar-refractivity contribution in [1.29, 1.82) is 0 Å². The van der Waals surface area contributed by atoms with E-state index in [0.717, 1.165) is 27.8 Å². The lowest BCUT2D eigenvalue weighted by Crippen LogP contribution is -1.94. The number of aromatic nitrogens is 1. The van der Waals surface area contributed by atoms with Gasteiger partial charge >= 0.3 is 0 Å². The second-order valence-corrected chi connectivity index (χ2v) is 5.79. The number of anilines is 2. The van der Waals surface area contributed by atoms with E-state index in [1.807, 2.05) is 47.8 Å². The molecule has 0 saturated heterocycles. The number of methoxy groups -OCH3 is 3. The molecule has 132 valence electrons. The number of nitrogens with one attached hydrogen (secondary N) is 1. The van der Waals surface area contributed by atoms with Crippen LogP contribution >= 0.6 is 28.3 Å². The zero-order valence-corrected chi connectivity index (χ0v) is 16.6. The number of para-hydroxylation sites is 2. The van der Waals surface area contributed by atoms with Crippen molar-refractivity contribution in [2.45, 2.75) is 0 Å². The molecule has 0 unspecified atom stereocenters. The van der Waals surface area contributed by atoms with Crippen LogP contribution in [0.4, 0.5) is 10.8 Å². The van der Waals surface area contributed by atoms with Gasteiger partial charge in [-0.1, -0.05) is 12.1 Å². The third kappa shape index (κ3) is 4.24. The number of hydrogen-bond acceptors (Lipinski definition) is 6. The van der Waals surface area contributed by atoms with Gasteiger partial charge in [0.2, 0.25) is 0 Å². The van der Waals surface area contributed by atoms with E-state index in [1.54, 1.807) is 21.3 Å². The van der Waals surface area contributed by atoms with Crippen LogP contribution in [0.15, 0.2) is 47.8 Å². The first-order chi connectivity index (χ1) is 11.7. The summed E-state index contributed by atoms with van der Waals surface area (Å²) in [6.07, 6.45) is 0. The van der Waals surface area contributed by atoms with Crippen LogP contribution in [0.25, 0.3) is 11.3 Å². The second-order valence-electron chi connectivity index (χ2n) is 4.93. The summed E-state index contributed by atoms with van der Waals surface area (Å²) >= 11 is 1.53. The maximum absolute atomic E-state index is 5.35. The Morgan fingerprint density at radius 3 is 2.32 bits per heavy atom. The fraction of sp³-hybridized carbons (Fsp3) is 0.167. The van der Waals surface area contributed by atoms with Crippen LogP contribution in [0.3, 0.4) is 0 Å². The lowest BCUT2D eigenvalue weighted by atomic mass is 10.1. The van der Waals surface area contributed by atoms with E-state index in [2.05, 4.69) is 10.3 Å². The van der Waals surface area contributed by atoms with Crippen molar-refractivity contribution < 1.29 is 14.2 Å². The Morgan fingerprint density at radius 2 is 1.60 bits per heavy atom. The molecule has 0 bridgehead atoms. The molecule has 0 aliphatic rings. The number of ether oxygens (including phenoxy) is 3. The molecule has 3 rings (SSSR count). The van der Waals surface area contributed by atoms with Gasteiger partial charge in [0.1, 0.15) is 5.75 Å². The van der Waals surface area contributed by atoms with Gasteiger partial charge in [-0.3, -0.25) is 0 Å². The molecule has 0 amide bonds. The third-order valence-corrected chi connectivity index (χ3v) is 4.29. The van der Waals surface area contributed by atoms with Crippen LogP contribution in [-0.2, 0) is 0 Å². The molecular formula is C18H19BrN2O3S. The quantitative estimate of drug-likeness (QED) is 0.594. The zero-order valence-electron chi connectivity index (χ0n) is 14.1. The van der Waals surface area contributed by atoms with Gasteiger partial charge in [0.25, 0.3) is 0 Å². The molecule has 0 spiro atoms. The average molecular weight is 423 g/mol. The molecule has 1 aromatic heterocycles. The molecule has 1 N–H and O–H groups in total. The summed E-state index contributed by atoms with van der Waals surface area (Å²) in [4.78, 5) is 4.64. The first kappa shape index (κ1) is 19.1. The van der Waals surface area contributed by atoms with Crippen molar-refractivity contribution >= 4 is 39.1 Å². The molecule has 0 aliphatic carbocycles. The largest absolute Gasteiger partial charge is 0.495 e. The normalized spacial score (nSPS) is 9.88. The molecule has 0 saturated carbocycles. The Balaban J connectivity index is 0.00000225. The van der Waals surface area contributed by atoms with E-state index in [-0.39, 0.29) is 17.0 Å². The van der Waals surface area contributed by atoms with Gasteiger partial charge in [-0.25, -0.2) is 4.98 Å². The summed E-state index contributed by atoms with van der Waals surface area (Å²) < 4.78 is 16.0. The zero-order chi connectivity index (χ0) is 16.9. The molecule has 5 nitrogen and oxygen atoms in total. The number of rotatable bonds is 6. The second kappa shape index (κ2) is 8.73. The predicted octanol–water partition coefficient (Wildman–Crippen LogP) is 5.16. The topological polar surface area (TPSA) is 52.6 Å². The van der Waals surface area contributed by atoms with Gasteiger partial charge in [0.15, 0.2) is 16.6 Å². The Labute approximate surface area is 161 Å². The minimum atomic E-state index is 0. The fourth-order valence-corrected chi connectivity index (χ4v) is 3.05. The maximum Gasteiger partial charge on any atom is 0.187 e. The highest BCUT2D eigenvalue weighted by atomic mass is 79.9. The van der Waals surface area contributed by atoms with E-state index in [1.165, 1.54) is 11.3 Å². The van der Waals surface area contributed by atoms with Gasteiger partial charge in [-0.2, -0.15) is 0 Å². The van der Waals surface area contributed by atoms with Crippen molar-refractivity contribution in [2.75, 3.05) is 26.6 Å². The molecule has 0 aliphatic heterocycles. The number of benzene rings is 2. The molecule has 2 aromatic carbocycles. The first-order valence-corrected chi connectivity index (χ1v) is 8.21. The number of thiazole rings is 1. The van der Waals surface area contributed by atoms with Gasteiger partial charge in [-0.05, 0) is 30.3 Å². The Hall–Kier alpha value is -2.25. The SMILES string of the molecule is Br.COc1ccccc1Nc1nc(-c2ccc(OC)c(OC)c2)cs1. The summed E-state index contributed by atoms with van der Waals surface area (Å²) in [7, 11) is 4.89. The summed E-state index contributed by atoms with van der Waals surface area (Å²) in [5.41, 5.74) is 2.73.